The fourth-order valence-corrected chi connectivity index (χ4v) is 2.45. The fraction of sp³-hybridized carbons (Fsp3) is 0.538. The highest BCUT2D eigenvalue weighted by Crippen LogP contribution is 2.24. The van der Waals surface area contributed by atoms with Gasteiger partial charge < -0.3 is 15.4 Å². The zero-order chi connectivity index (χ0) is 13.0. The van der Waals surface area contributed by atoms with Crippen molar-refractivity contribution in [2.24, 2.45) is 5.92 Å². The molecule has 1 aliphatic rings. The maximum atomic E-state index is 12.0. The van der Waals surface area contributed by atoms with E-state index in [9.17, 15) is 14.7 Å². The normalized spacial score (nSPS) is 23.6. The lowest BCUT2D eigenvalue weighted by Crippen LogP contribution is -2.43. The van der Waals surface area contributed by atoms with Gasteiger partial charge in [0.1, 0.15) is 0 Å². The molecule has 0 aromatic carbocycles. The van der Waals surface area contributed by atoms with Gasteiger partial charge >= 0.3 is 0 Å². The van der Waals surface area contributed by atoms with Gasteiger partial charge in [0, 0.05) is 36.4 Å². The first-order valence-corrected chi connectivity index (χ1v) is 6.31. The number of hydrogen-bond donors (Lipinski definition) is 3. The number of nitrogens with one attached hydrogen (secondary N) is 2. The summed E-state index contributed by atoms with van der Waals surface area (Å²) in [6.07, 6.45) is 5.46. The van der Waals surface area contributed by atoms with E-state index in [1.165, 1.54) is 12.3 Å². The smallest absolute Gasteiger partial charge is 0.251 e. The van der Waals surface area contributed by atoms with Crippen LogP contribution in [0.2, 0.25) is 0 Å². The molecule has 3 N–H and O–H groups in total. The number of H-pyrrole nitrogens is 1. The standard InChI is InChI=1S/C13H18N2O3/c16-8-10-3-1-2-4-11(10)15-13(18)9-5-6-14-12(17)7-9/h5-7,10-11,16H,1-4,8H2,(H,14,17)(H,15,18). The van der Waals surface area contributed by atoms with Crippen LogP contribution in [0.1, 0.15) is 36.0 Å². The van der Waals surface area contributed by atoms with Crippen molar-refractivity contribution >= 4 is 5.91 Å². The van der Waals surface area contributed by atoms with Crippen LogP contribution < -0.4 is 10.9 Å². The van der Waals surface area contributed by atoms with E-state index < -0.39 is 0 Å². The van der Waals surface area contributed by atoms with Gasteiger partial charge in [-0.15, -0.1) is 0 Å². The molecule has 0 aliphatic heterocycles. The van der Waals surface area contributed by atoms with E-state index in [4.69, 9.17) is 0 Å². The summed E-state index contributed by atoms with van der Waals surface area (Å²) in [6, 6.07) is 2.87. The molecule has 98 valence electrons. The molecule has 2 unspecified atom stereocenters. The number of amides is 1. The molecule has 0 bridgehead atoms. The van der Waals surface area contributed by atoms with Crippen molar-refractivity contribution in [2.45, 2.75) is 31.7 Å². The molecule has 2 rings (SSSR count). The van der Waals surface area contributed by atoms with Gasteiger partial charge in [0.25, 0.3) is 5.91 Å². The Balaban J connectivity index is 2.04. The summed E-state index contributed by atoms with van der Waals surface area (Å²) in [4.78, 5) is 25.6. The Kier molecular flexibility index (Phi) is 4.15. The Morgan fingerprint density at radius 2 is 2.22 bits per heavy atom. The van der Waals surface area contributed by atoms with Gasteiger partial charge in [-0.2, -0.15) is 0 Å². The van der Waals surface area contributed by atoms with Crippen LogP contribution in [-0.2, 0) is 0 Å². The monoisotopic (exact) mass is 250 g/mol. The van der Waals surface area contributed by atoms with Crippen LogP contribution in [0, 0.1) is 5.92 Å². The number of hydrogen-bond acceptors (Lipinski definition) is 3. The van der Waals surface area contributed by atoms with Crippen LogP contribution in [0.3, 0.4) is 0 Å². The lowest BCUT2D eigenvalue weighted by atomic mass is 9.85. The summed E-state index contributed by atoms with van der Waals surface area (Å²) in [5.41, 5.74) is 0.0750. The molecule has 5 heteroatoms. The van der Waals surface area contributed by atoms with Gasteiger partial charge in [-0.3, -0.25) is 9.59 Å². The maximum Gasteiger partial charge on any atom is 0.251 e. The molecule has 2 atom stereocenters. The molecule has 1 aromatic heterocycles. The molecular weight excluding hydrogens is 232 g/mol. The largest absolute Gasteiger partial charge is 0.396 e. The molecule has 0 spiro atoms. The number of aromatic amines is 1. The summed E-state index contributed by atoms with van der Waals surface area (Å²) in [6.45, 7) is 0.0975. The van der Waals surface area contributed by atoms with Crippen molar-refractivity contribution in [1.82, 2.24) is 10.3 Å². The van der Waals surface area contributed by atoms with E-state index in [-0.39, 0.29) is 30.0 Å². The van der Waals surface area contributed by atoms with E-state index in [2.05, 4.69) is 10.3 Å². The second kappa shape index (κ2) is 5.82. The highest BCUT2D eigenvalue weighted by molar-refractivity contribution is 5.94. The van der Waals surface area contributed by atoms with E-state index in [1.54, 1.807) is 6.07 Å². The van der Waals surface area contributed by atoms with E-state index >= 15 is 0 Å². The second-order valence-corrected chi connectivity index (χ2v) is 4.75. The summed E-state index contributed by atoms with van der Waals surface area (Å²) in [5.74, 6) is -0.115. The Morgan fingerprint density at radius 1 is 1.44 bits per heavy atom. The Hall–Kier alpha value is -1.62. The van der Waals surface area contributed by atoms with Gasteiger partial charge in [-0.1, -0.05) is 12.8 Å². The van der Waals surface area contributed by atoms with Crippen LogP contribution in [0.25, 0.3) is 0 Å². The van der Waals surface area contributed by atoms with Crippen molar-refractivity contribution < 1.29 is 9.90 Å². The molecule has 1 saturated carbocycles. The van der Waals surface area contributed by atoms with Crippen LogP contribution >= 0.6 is 0 Å². The molecule has 1 amide bonds. The molecule has 0 saturated heterocycles. The van der Waals surface area contributed by atoms with E-state index in [0.29, 0.717) is 5.56 Å². The first-order valence-electron chi connectivity index (χ1n) is 6.31. The van der Waals surface area contributed by atoms with Crippen molar-refractivity contribution in [3.63, 3.8) is 0 Å². The quantitative estimate of drug-likeness (QED) is 0.737. The number of aliphatic hydroxyl groups excluding tert-OH is 1. The molecule has 5 nitrogen and oxygen atoms in total. The Morgan fingerprint density at radius 3 is 2.94 bits per heavy atom. The van der Waals surface area contributed by atoms with Gasteiger partial charge in [0.2, 0.25) is 5.56 Å². The topological polar surface area (TPSA) is 82.2 Å². The van der Waals surface area contributed by atoms with Crippen LogP contribution in [-0.4, -0.2) is 28.6 Å². The van der Waals surface area contributed by atoms with Gasteiger partial charge in [0.15, 0.2) is 0 Å². The van der Waals surface area contributed by atoms with Crippen molar-refractivity contribution in [2.75, 3.05) is 6.61 Å². The minimum atomic E-state index is -0.287. The third-order valence-electron chi connectivity index (χ3n) is 3.50. The lowest BCUT2D eigenvalue weighted by molar-refractivity contribution is 0.0872. The lowest BCUT2D eigenvalue weighted by Gasteiger charge is -2.30. The van der Waals surface area contributed by atoms with Gasteiger partial charge in [-0.05, 0) is 18.9 Å². The minimum Gasteiger partial charge on any atom is -0.396 e. The third kappa shape index (κ3) is 2.98. The van der Waals surface area contributed by atoms with Crippen molar-refractivity contribution in [3.05, 3.63) is 34.2 Å². The predicted octanol–water partition coefficient (Wildman–Crippen LogP) is 0.656. The zero-order valence-electron chi connectivity index (χ0n) is 10.2. The average Bonchev–Trinajstić information content (AvgIpc) is 2.39. The highest BCUT2D eigenvalue weighted by atomic mass is 16.3. The summed E-state index contributed by atoms with van der Waals surface area (Å²) in [7, 11) is 0. The SMILES string of the molecule is O=C(NC1CCCCC1CO)c1cc[nH]c(=O)c1. The number of rotatable bonds is 3. The van der Waals surface area contributed by atoms with Crippen LogP contribution in [0.5, 0.6) is 0 Å². The summed E-state index contributed by atoms with van der Waals surface area (Å²) < 4.78 is 0. The molecule has 0 radical (unpaired) electrons. The number of pyridine rings is 1. The van der Waals surface area contributed by atoms with Crippen LogP contribution in [0.4, 0.5) is 0 Å². The van der Waals surface area contributed by atoms with Crippen molar-refractivity contribution in [1.29, 1.82) is 0 Å². The number of aliphatic hydroxyl groups is 1. The van der Waals surface area contributed by atoms with E-state index in [0.717, 1.165) is 25.7 Å². The highest BCUT2D eigenvalue weighted by Gasteiger charge is 2.26. The number of aromatic nitrogens is 1. The first-order chi connectivity index (χ1) is 8.70. The Labute approximate surface area is 105 Å². The number of carbonyl (C=O) groups is 1. The number of carbonyl (C=O) groups excluding carboxylic acids is 1. The average molecular weight is 250 g/mol. The van der Waals surface area contributed by atoms with Crippen molar-refractivity contribution in [3.8, 4) is 0 Å². The zero-order valence-corrected chi connectivity index (χ0v) is 10.2. The third-order valence-corrected chi connectivity index (χ3v) is 3.50. The van der Waals surface area contributed by atoms with Gasteiger partial charge in [-0.25, -0.2) is 0 Å². The maximum absolute atomic E-state index is 12.0. The molecule has 18 heavy (non-hydrogen) atoms. The minimum absolute atomic E-state index is 0.00976. The van der Waals surface area contributed by atoms with Crippen LogP contribution in [0.15, 0.2) is 23.1 Å². The molecule has 1 aliphatic carbocycles. The summed E-state index contributed by atoms with van der Waals surface area (Å²) in [5, 5.41) is 12.2. The second-order valence-electron chi connectivity index (χ2n) is 4.75. The molecular formula is C13H18N2O3. The first kappa shape index (κ1) is 12.8. The van der Waals surface area contributed by atoms with E-state index in [1.807, 2.05) is 0 Å². The predicted molar refractivity (Wildman–Crippen MR) is 67.4 cm³/mol. The molecule has 1 fully saturated rings. The summed E-state index contributed by atoms with van der Waals surface area (Å²) >= 11 is 0. The van der Waals surface area contributed by atoms with Gasteiger partial charge in [0.05, 0.1) is 0 Å². The fourth-order valence-electron chi connectivity index (χ4n) is 2.45. The Bertz CT molecular complexity index is 469. The molecule has 1 heterocycles. The molecule has 1 aromatic rings.